The van der Waals surface area contributed by atoms with Crippen molar-refractivity contribution in [1.29, 1.82) is 5.26 Å². The second-order valence-corrected chi connectivity index (χ2v) is 6.26. The maximum atomic E-state index is 12.4. The first-order valence-electron chi connectivity index (χ1n) is 7.83. The van der Waals surface area contributed by atoms with Crippen molar-refractivity contribution in [2.45, 2.75) is 64.3 Å². The Kier molecular flexibility index (Phi) is 5.01. The molecule has 21 heavy (non-hydrogen) atoms. The zero-order chi connectivity index (χ0) is 15.3. The number of hydrogen-bond donors (Lipinski definition) is 1. The van der Waals surface area contributed by atoms with Crippen LogP contribution in [-0.4, -0.2) is 11.4 Å². The van der Waals surface area contributed by atoms with Gasteiger partial charge in [-0.25, -0.2) is 0 Å². The second kappa shape index (κ2) is 6.76. The molecule has 0 heterocycles. The first kappa shape index (κ1) is 15.6. The Morgan fingerprint density at radius 2 is 1.90 bits per heavy atom. The molecule has 1 N–H and O–H groups in total. The molecule has 3 heteroatoms. The van der Waals surface area contributed by atoms with E-state index in [1.165, 1.54) is 0 Å². The Hall–Kier alpha value is -1.82. The van der Waals surface area contributed by atoms with E-state index in [1.54, 1.807) is 0 Å². The molecule has 0 spiro atoms. The van der Waals surface area contributed by atoms with Crippen LogP contribution in [0.25, 0.3) is 0 Å². The molecule has 3 nitrogen and oxygen atoms in total. The highest BCUT2D eigenvalue weighted by molar-refractivity contribution is 5.80. The minimum atomic E-state index is -0.648. The van der Waals surface area contributed by atoms with Crippen molar-refractivity contribution in [3.8, 4) is 6.07 Å². The number of nitriles is 1. The molecular weight excluding hydrogens is 260 g/mol. The third-order valence-corrected chi connectivity index (χ3v) is 4.41. The van der Waals surface area contributed by atoms with Gasteiger partial charge in [0.15, 0.2) is 0 Å². The maximum Gasteiger partial charge on any atom is 0.225 e. The zero-order valence-electron chi connectivity index (χ0n) is 13.0. The largest absolute Gasteiger partial charge is 0.338 e. The van der Waals surface area contributed by atoms with Crippen LogP contribution in [0, 0.1) is 25.2 Å². The van der Waals surface area contributed by atoms with E-state index >= 15 is 0 Å². The van der Waals surface area contributed by atoms with Crippen molar-refractivity contribution in [3.05, 3.63) is 34.9 Å². The molecule has 0 aromatic heterocycles. The van der Waals surface area contributed by atoms with Gasteiger partial charge in [0, 0.05) is 0 Å². The van der Waals surface area contributed by atoms with Gasteiger partial charge >= 0.3 is 0 Å². The summed E-state index contributed by atoms with van der Waals surface area (Å²) in [5, 5.41) is 12.5. The van der Waals surface area contributed by atoms with Gasteiger partial charge in [0.25, 0.3) is 0 Å². The summed E-state index contributed by atoms with van der Waals surface area (Å²) in [5.41, 5.74) is 2.69. The normalized spacial score (nSPS) is 17.6. The molecule has 0 saturated heterocycles. The van der Waals surface area contributed by atoms with Crippen LogP contribution in [0.15, 0.2) is 18.2 Å². The summed E-state index contributed by atoms with van der Waals surface area (Å²) >= 11 is 0. The highest BCUT2D eigenvalue weighted by Crippen LogP contribution is 2.26. The maximum absolute atomic E-state index is 12.4. The van der Waals surface area contributed by atoms with Gasteiger partial charge in [-0.2, -0.15) is 5.26 Å². The summed E-state index contributed by atoms with van der Waals surface area (Å²) < 4.78 is 0. The number of rotatable bonds is 3. The van der Waals surface area contributed by atoms with E-state index in [2.05, 4.69) is 23.5 Å². The van der Waals surface area contributed by atoms with Gasteiger partial charge in [0.1, 0.15) is 5.54 Å². The molecule has 0 radical (unpaired) electrons. The molecule has 1 fully saturated rings. The summed E-state index contributed by atoms with van der Waals surface area (Å²) in [4.78, 5) is 12.4. The Morgan fingerprint density at radius 3 is 2.52 bits per heavy atom. The number of carbonyl (C=O) groups excluding carboxylic acids is 1. The molecule has 2 rings (SSSR count). The lowest BCUT2D eigenvalue weighted by atomic mass is 9.91. The first-order valence-corrected chi connectivity index (χ1v) is 7.83. The monoisotopic (exact) mass is 284 g/mol. The number of benzene rings is 1. The molecule has 1 aliphatic rings. The third kappa shape index (κ3) is 4.07. The molecule has 0 aliphatic heterocycles. The summed E-state index contributed by atoms with van der Waals surface area (Å²) in [7, 11) is 0. The molecular formula is C18H24N2O. The lowest BCUT2D eigenvalue weighted by molar-refractivity contribution is -0.121. The zero-order valence-corrected chi connectivity index (χ0v) is 13.0. The van der Waals surface area contributed by atoms with Crippen molar-refractivity contribution < 1.29 is 4.79 Å². The SMILES string of the molecule is Cc1ccc(C)c(CC(=O)NC2(C#N)CCCCCC2)c1. The topological polar surface area (TPSA) is 52.9 Å². The number of nitrogens with one attached hydrogen (secondary N) is 1. The van der Waals surface area contributed by atoms with Crippen molar-refractivity contribution in [2.75, 3.05) is 0 Å². The molecule has 112 valence electrons. The summed E-state index contributed by atoms with van der Waals surface area (Å²) in [6.45, 7) is 4.05. The van der Waals surface area contributed by atoms with E-state index in [4.69, 9.17) is 0 Å². The van der Waals surface area contributed by atoms with E-state index in [9.17, 15) is 10.1 Å². The third-order valence-electron chi connectivity index (χ3n) is 4.41. The molecule has 1 aromatic carbocycles. The first-order chi connectivity index (χ1) is 10.0. The number of carbonyl (C=O) groups is 1. The van der Waals surface area contributed by atoms with E-state index < -0.39 is 5.54 Å². The summed E-state index contributed by atoms with van der Waals surface area (Å²) in [6, 6.07) is 8.52. The van der Waals surface area contributed by atoms with Crippen LogP contribution in [-0.2, 0) is 11.2 Å². The van der Waals surface area contributed by atoms with Crippen LogP contribution in [0.2, 0.25) is 0 Å². The fourth-order valence-electron chi connectivity index (χ4n) is 3.07. The van der Waals surface area contributed by atoms with E-state index in [0.717, 1.165) is 55.2 Å². The number of aryl methyl sites for hydroxylation is 2. The second-order valence-electron chi connectivity index (χ2n) is 6.26. The standard InChI is InChI=1S/C18H24N2O/c1-14-7-8-15(2)16(11-14)12-17(21)20-18(13-19)9-5-3-4-6-10-18/h7-8,11H,3-6,9-10,12H2,1-2H3,(H,20,21). The minimum absolute atomic E-state index is 0.0350. The lowest BCUT2D eigenvalue weighted by Crippen LogP contribution is -2.47. The van der Waals surface area contributed by atoms with Crippen LogP contribution < -0.4 is 5.32 Å². The van der Waals surface area contributed by atoms with Gasteiger partial charge in [0.2, 0.25) is 5.91 Å². The number of nitrogens with zero attached hydrogens (tertiary/aromatic N) is 1. The van der Waals surface area contributed by atoms with Crippen LogP contribution in [0.1, 0.15) is 55.2 Å². The molecule has 1 aromatic rings. The summed E-state index contributed by atoms with van der Waals surface area (Å²) in [5.74, 6) is -0.0350. The average molecular weight is 284 g/mol. The average Bonchev–Trinajstić information content (AvgIpc) is 2.69. The molecule has 1 saturated carbocycles. The Bertz CT molecular complexity index is 549. The summed E-state index contributed by atoms with van der Waals surface area (Å²) in [6.07, 6.45) is 6.29. The molecule has 0 bridgehead atoms. The van der Waals surface area contributed by atoms with Gasteiger partial charge in [-0.3, -0.25) is 4.79 Å². The van der Waals surface area contributed by atoms with E-state index in [-0.39, 0.29) is 5.91 Å². The van der Waals surface area contributed by atoms with Gasteiger partial charge in [0.05, 0.1) is 12.5 Å². The number of hydrogen-bond acceptors (Lipinski definition) is 2. The van der Waals surface area contributed by atoms with Gasteiger partial charge in [-0.15, -0.1) is 0 Å². The molecule has 1 amide bonds. The highest BCUT2D eigenvalue weighted by atomic mass is 16.1. The van der Waals surface area contributed by atoms with Gasteiger partial charge in [-0.05, 0) is 37.8 Å². The predicted molar refractivity (Wildman–Crippen MR) is 83.8 cm³/mol. The van der Waals surface area contributed by atoms with Crippen LogP contribution in [0.4, 0.5) is 0 Å². The number of amides is 1. The quantitative estimate of drug-likeness (QED) is 0.863. The van der Waals surface area contributed by atoms with Crippen molar-refractivity contribution in [3.63, 3.8) is 0 Å². The van der Waals surface area contributed by atoms with Crippen LogP contribution >= 0.6 is 0 Å². The van der Waals surface area contributed by atoms with E-state index in [0.29, 0.717) is 6.42 Å². The smallest absolute Gasteiger partial charge is 0.225 e. The van der Waals surface area contributed by atoms with Crippen LogP contribution in [0.3, 0.4) is 0 Å². The lowest BCUT2D eigenvalue weighted by Gasteiger charge is -2.26. The Morgan fingerprint density at radius 1 is 1.24 bits per heavy atom. The fraction of sp³-hybridized carbons (Fsp3) is 0.556. The van der Waals surface area contributed by atoms with Crippen molar-refractivity contribution in [1.82, 2.24) is 5.32 Å². The van der Waals surface area contributed by atoms with Gasteiger partial charge in [-0.1, -0.05) is 49.4 Å². The predicted octanol–water partition coefficient (Wildman–Crippen LogP) is 3.58. The highest BCUT2D eigenvalue weighted by Gasteiger charge is 2.32. The van der Waals surface area contributed by atoms with E-state index in [1.807, 2.05) is 19.9 Å². The van der Waals surface area contributed by atoms with Crippen molar-refractivity contribution >= 4 is 5.91 Å². The van der Waals surface area contributed by atoms with Crippen molar-refractivity contribution in [2.24, 2.45) is 0 Å². The molecule has 0 unspecified atom stereocenters. The fourth-order valence-corrected chi connectivity index (χ4v) is 3.07. The minimum Gasteiger partial charge on any atom is -0.338 e. The Labute approximate surface area is 127 Å². The molecule has 1 aliphatic carbocycles. The van der Waals surface area contributed by atoms with Gasteiger partial charge < -0.3 is 5.32 Å². The molecule has 0 atom stereocenters. The van der Waals surface area contributed by atoms with Crippen LogP contribution in [0.5, 0.6) is 0 Å². The Balaban J connectivity index is 2.06.